The van der Waals surface area contributed by atoms with Crippen molar-refractivity contribution in [1.82, 2.24) is 4.90 Å². The van der Waals surface area contributed by atoms with Gasteiger partial charge >= 0.3 is 0 Å². The molecule has 23 heavy (non-hydrogen) atoms. The maximum absolute atomic E-state index is 12.3. The van der Waals surface area contributed by atoms with Gasteiger partial charge in [-0.2, -0.15) is 0 Å². The maximum atomic E-state index is 12.3. The number of rotatable bonds is 6. The predicted octanol–water partition coefficient (Wildman–Crippen LogP) is 4.47. The van der Waals surface area contributed by atoms with Crippen LogP contribution in [0.3, 0.4) is 0 Å². The molecule has 1 heterocycles. The summed E-state index contributed by atoms with van der Waals surface area (Å²) in [5.74, 6) is 1.28. The second-order valence-corrected chi connectivity index (χ2v) is 7.15. The van der Waals surface area contributed by atoms with E-state index in [1.165, 1.54) is 11.8 Å². The summed E-state index contributed by atoms with van der Waals surface area (Å²) in [4.78, 5) is 14.5. The molecule has 1 aromatic rings. The molecule has 2 rings (SSSR count). The van der Waals surface area contributed by atoms with Crippen LogP contribution >= 0.6 is 39.9 Å². The number of ether oxygens (including phenoxy) is 2. The monoisotopic (exact) mass is 415 g/mol. The van der Waals surface area contributed by atoms with E-state index in [1.807, 2.05) is 39.0 Å². The Morgan fingerprint density at radius 1 is 1.26 bits per heavy atom. The Labute approximate surface area is 154 Å². The van der Waals surface area contributed by atoms with Crippen LogP contribution in [0, 0.1) is 0 Å². The number of nitrogens with zero attached hydrogens (tertiary/aromatic N) is 1. The number of hydrogen-bond donors (Lipinski definition) is 0. The third kappa shape index (κ3) is 4.08. The number of benzene rings is 1. The fraction of sp³-hybridized carbons (Fsp3) is 0.375. The summed E-state index contributed by atoms with van der Waals surface area (Å²) in [5.41, 5.74) is 0.861. The zero-order valence-electron chi connectivity index (χ0n) is 13.2. The molecule has 1 aromatic carbocycles. The van der Waals surface area contributed by atoms with Crippen LogP contribution < -0.4 is 9.47 Å². The molecule has 1 aliphatic heterocycles. The summed E-state index contributed by atoms with van der Waals surface area (Å²) < 4.78 is 12.7. The summed E-state index contributed by atoms with van der Waals surface area (Å²) in [6.45, 7) is 7.42. The minimum absolute atomic E-state index is 0.0505. The Morgan fingerprint density at radius 2 is 1.96 bits per heavy atom. The van der Waals surface area contributed by atoms with Crippen molar-refractivity contribution in [1.29, 1.82) is 0 Å². The van der Waals surface area contributed by atoms with Crippen molar-refractivity contribution >= 4 is 56.2 Å². The lowest BCUT2D eigenvalue weighted by Gasteiger charge is -2.13. The van der Waals surface area contributed by atoms with E-state index in [-0.39, 0.29) is 5.91 Å². The van der Waals surface area contributed by atoms with E-state index < -0.39 is 0 Å². The van der Waals surface area contributed by atoms with Crippen LogP contribution in [-0.4, -0.2) is 34.9 Å². The highest BCUT2D eigenvalue weighted by Crippen LogP contribution is 2.39. The van der Waals surface area contributed by atoms with Crippen molar-refractivity contribution in [2.75, 3.05) is 19.8 Å². The summed E-state index contributed by atoms with van der Waals surface area (Å²) in [7, 11) is 0. The molecule has 0 aliphatic carbocycles. The molecular formula is C16H18BrNO3S2. The average molecular weight is 416 g/mol. The van der Waals surface area contributed by atoms with Gasteiger partial charge in [-0.25, -0.2) is 0 Å². The zero-order valence-corrected chi connectivity index (χ0v) is 16.4. The molecule has 0 saturated carbocycles. The van der Waals surface area contributed by atoms with Gasteiger partial charge in [-0.3, -0.25) is 9.69 Å². The van der Waals surface area contributed by atoms with Crippen LogP contribution in [0.5, 0.6) is 11.5 Å². The van der Waals surface area contributed by atoms with Gasteiger partial charge in [0.25, 0.3) is 5.91 Å². The fourth-order valence-corrected chi connectivity index (χ4v) is 4.10. The fourth-order valence-electron chi connectivity index (χ4n) is 2.14. The highest BCUT2D eigenvalue weighted by Gasteiger charge is 2.30. The minimum Gasteiger partial charge on any atom is -0.490 e. The zero-order chi connectivity index (χ0) is 17.0. The molecule has 7 heteroatoms. The van der Waals surface area contributed by atoms with Gasteiger partial charge in [0.05, 0.1) is 22.6 Å². The lowest BCUT2D eigenvalue weighted by molar-refractivity contribution is -0.121. The predicted molar refractivity (Wildman–Crippen MR) is 102 cm³/mol. The van der Waals surface area contributed by atoms with Gasteiger partial charge in [-0.1, -0.05) is 24.0 Å². The molecule has 4 nitrogen and oxygen atoms in total. The summed E-state index contributed by atoms with van der Waals surface area (Å²) in [6.07, 6.45) is 1.83. The highest BCUT2D eigenvalue weighted by molar-refractivity contribution is 9.10. The third-order valence-electron chi connectivity index (χ3n) is 3.11. The van der Waals surface area contributed by atoms with Crippen molar-refractivity contribution in [2.45, 2.75) is 20.8 Å². The summed E-state index contributed by atoms with van der Waals surface area (Å²) >= 11 is 10.1. The topological polar surface area (TPSA) is 38.8 Å². The molecule has 0 atom stereocenters. The van der Waals surface area contributed by atoms with Crippen molar-refractivity contribution in [3.05, 3.63) is 27.1 Å². The molecular weight excluding hydrogens is 398 g/mol. The van der Waals surface area contributed by atoms with Crippen LogP contribution in [0.25, 0.3) is 6.08 Å². The molecule has 1 amide bonds. The first-order valence-corrected chi connectivity index (χ1v) is 9.38. The summed E-state index contributed by atoms with van der Waals surface area (Å²) in [5, 5.41) is 0. The van der Waals surface area contributed by atoms with Crippen molar-refractivity contribution in [3.8, 4) is 11.5 Å². The average Bonchev–Trinajstić information content (AvgIpc) is 2.77. The first-order chi connectivity index (χ1) is 11.0. The van der Waals surface area contributed by atoms with Crippen LogP contribution in [-0.2, 0) is 4.79 Å². The van der Waals surface area contributed by atoms with Gasteiger partial charge in [0.1, 0.15) is 4.32 Å². The molecule has 0 N–H and O–H groups in total. The Hall–Kier alpha value is -1.05. The smallest absolute Gasteiger partial charge is 0.266 e. The number of thioether (sulfide) groups is 1. The van der Waals surface area contributed by atoms with E-state index in [4.69, 9.17) is 21.7 Å². The van der Waals surface area contributed by atoms with Gasteiger partial charge in [0.15, 0.2) is 11.5 Å². The van der Waals surface area contributed by atoms with E-state index in [0.29, 0.717) is 40.5 Å². The summed E-state index contributed by atoms with van der Waals surface area (Å²) in [6, 6.07) is 3.78. The van der Waals surface area contributed by atoms with Crippen LogP contribution in [0.1, 0.15) is 26.3 Å². The normalized spacial score (nSPS) is 16.3. The SMILES string of the molecule is CCOc1cc(C=C2SC(=S)N(CC)C2=O)cc(Br)c1OCC. The number of carbonyl (C=O) groups is 1. The maximum Gasteiger partial charge on any atom is 0.266 e. The molecule has 0 bridgehead atoms. The molecule has 0 spiro atoms. The highest BCUT2D eigenvalue weighted by atomic mass is 79.9. The quantitative estimate of drug-likeness (QED) is 0.506. The van der Waals surface area contributed by atoms with Gasteiger partial charge < -0.3 is 9.47 Å². The molecule has 124 valence electrons. The van der Waals surface area contributed by atoms with Crippen molar-refractivity contribution < 1.29 is 14.3 Å². The number of hydrogen-bond acceptors (Lipinski definition) is 5. The first-order valence-electron chi connectivity index (χ1n) is 7.36. The van der Waals surface area contributed by atoms with Gasteiger partial charge in [0, 0.05) is 6.54 Å². The molecule has 0 radical (unpaired) electrons. The second kappa shape index (κ2) is 8.17. The van der Waals surface area contributed by atoms with Gasteiger partial charge in [-0.05, 0) is 60.5 Å². The van der Waals surface area contributed by atoms with E-state index in [0.717, 1.165) is 10.0 Å². The van der Waals surface area contributed by atoms with Crippen LogP contribution in [0.4, 0.5) is 0 Å². The molecule has 0 unspecified atom stereocenters. The largest absolute Gasteiger partial charge is 0.490 e. The Bertz CT molecular complexity index is 661. The van der Waals surface area contributed by atoms with E-state index in [1.54, 1.807) is 4.90 Å². The van der Waals surface area contributed by atoms with Crippen molar-refractivity contribution in [2.24, 2.45) is 0 Å². The number of carbonyl (C=O) groups excluding carboxylic acids is 1. The minimum atomic E-state index is -0.0505. The molecule has 1 fully saturated rings. The molecule has 0 aromatic heterocycles. The molecule has 1 saturated heterocycles. The lowest BCUT2D eigenvalue weighted by Crippen LogP contribution is -2.27. The van der Waals surface area contributed by atoms with Crippen molar-refractivity contribution in [3.63, 3.8) is 0 Å². The van der Waals surface area contributed by atoms with Gasteiger partial charge in [0.2, 0.25) is 0 Å². The van der Waals surface area contributed by atoms with Crippen LogP contribution in [0.15, 0.2) is 21.5 Å². The Morgan fingerprint density at radius 3 is 2.52 bits per heavy atom. The van der Waals surface area contributed by atoms with Gasteiger partial charge in [-0.15, -0.1) is 0 Å². The lowest BCUT2D eigenvalue weighted by atomic mass is 10.2. The number of thiocarbonyl (C=S) groups is 1. The Balaban J connectivity index is 2.39. The Kier molecular flexibility index (Phi) is 6.50. The van der Waals surface area contributed by atoms with E-state index in [2.05, 4.69) is 15.9 Å². The van der Waals surface area contributed by atoms with E-state index >= 15 is 0 Å². The molecule has 1 aliphatic rings. The number of amides is 1. The standard InChI is InChI=1S/C16H18BrNO3S2/c1-4-18-15(19)13(23-16(18)22)9-10-7-11(17)14(21-6-3)12(8-10)20-5-2/h7-9H,4-6H2,1-3H3. The van der Waals surface area contributed by atoms with Crippen LogP contribution in [0.2, 0.25) is 0 Å². The first kappa shape index (κ1) is 18.3. The number of halogens is 1. The number of likely N-dealkylation sites (N-methyl/N-ethyl adjacent to an activating group) is 1. The third-order valence-corrected chi connectivity index (χ3v) is 5.07. The second-order valence-electron chi connectivity index (χ2n) is 4.62. The van der Waals surface area contributed by atoms with E-state index in [9.17, 15) is 4.79 Å².